The molecule has 0 amide bonds. The van der Waals surface area contributed by atoms with Gasteiger partial charge in [0.2, 0.25) is 0 Å². The van der Waals surface area contributed by atoms with Crippen LogP contribution in [0.1, 0.15) is 43.1 Å². The molecule has 0 radical (unpaired) electrons. The highest BCUT2D eigenvalue weighted by atomic mass is 16.5. The van der Waals surface area contributed by atoms with E-state index in [0.29, 0.717) is 6.42 Å². The minimum Gasteiger partial charge on any atom is -0.456 e. The van der Waals surface area contributed by atoms with E-state index < -0.39 is 0 Å². The lowest BCUT2D eigenvalue weighted by Crippen LogP contribution is -2.34. The van der Waals surface area contributed by atoms with E-state index in [4.69, 9.17) is 4.74 Å². The zero-order chi connectivity index (χ0) is 16.4. The van der Waals surface area contributed by atoms with E-state index in [-0.39, 0.29) is 17.5 Å². The Labute approximate surface area is 137 Å². The molecule has 0 aliphatic carbocycles. The summed E-state index contributed by atoms with van der Waals surface area (Å²) in [5, 5.41) is 0. The lowest BCUT2D eigenvalue weighted by molar-refractivity contribution is -0.159. The minimum atomic E-state index is -0.251. The SMILES string of the molecule is Cc1ccc(C2OC(=O)CC(=Cc3ccccc3)C2(C)C)cc1. The Hall–Kier alpha value is -2.35. The molecule has 0 aromatic heterocycles. The predicted octanol–water partition coefficient (Wildman–Crippen LogP) is 5.09. The van der Waals surface area contributed by atoms with Crippen molar-refractivity contribution < 1.29 is 9.53 Å². The van der Waals surface area contributed by atoms with Gasteiger partial charge >= 0.3 is 5.97 Å². The summed E-state index contributed by atoms with van der Waals surface area (Å²) < 4.78 is 5.72. The van der Waals surface area contributed by atoms with Crippen molar-refractivity contribution in [2.45, 2.75) is 33.3 Å². The maximum Gasteiger partial charge on any atom is 0.310 e. The Balaban J connectivity index is 2.00. The number of esters is 1. The molecule has 118 valence electrons. The van der Waals surface area contributed by atoms with E-state index >= 15 is 0 Å². The molecule has 1 unspecified atom stereocenters. The summed E-state index contributed by atoms with van der Waals surface area (Å²) in [6.45, 7) is 6.36. The number of cyclic esters (lactones) is 1. The lowest BCUT2D eigenvalue weighted by atomic mass is 9.72. The van der Waals surface area contributed by atoms with Gasteiger partial charge in [0, 0.05) is 5.41 Å². The van der Waals surface area contributed by atoms with E-state index in [1.807, 2.05) is 18.2 Å². The normalized spacial score (nSPS) is 22.0. The topological polar surface area (TPSA) is 26.3 Å². The Morgan fingerprint density at radius 2 is 1.70 bits per heavy atom. The summed E-state index contributed by atoms with van der Waals surface area (Å²) in [4.78, 5) is 12.1. The van der Waals surface area contributed by atoms with E-state index in [1.165, 1.54) is 5.56 Å². The fourth-order valence-electron chi connectivity index (χ4n) is 3.09. The summed E-state index contributed by atoms with van der Waals surface area (Å²) in [6, 6.07) is 18.4. The van der Waals surface area contributed by atoms with Gasteiger partial charge in [0.05, 0.1) is 6.42 Å². The molecule has 1 heterocycles. The average Bonchev–Trinajstić information content (AvgIpc) is 2.53. The highest BCUT2D eigenvalue weighted by Gasteiger charge is 2.42. The summed E-state index contributed by atoms with van der Waals surface area (Å²) in [6.07, 6.45) is 2.23. The third kappa shape index (κ3) is 3.21. The van der Waals surface area contributed by atoms with Gasteiger partial charge < -0.3 is 4.74 Å². The number of carbonyl (C=O) groups excluding carboxylic acids is 1. The molecular formula is C21H22O2. The highest BCUT2D eigenvalue weighted by molar-refractivity contribution is 5.77. The molecule has 0 spiro atoms. The summed E-state index contributed by atoms with van der Waals surface area (Å²) in [7, 11) is 0. The molecule has 1 saturated heterocycles. The van der Waals surface area contributed by atoms with Gasteiger partial charge in [-0.15, -0.1) is 0 Å². The maximum atomic E-state index is 12.1. The summed E-state index contributed by atoms with van der Waals surface area (Å²) in [5.41, 5.74) is 4.25. The van der Waals surface area contributed by atoms with Gasteiger partial charge in [0.1, 0.15) is 6.10 Å². The number of hydrogen-bond acceptors (Lipinski definition) is 2. The summed E-state index contributed by atoms with van der Waals surface area (Å²) in [5.74, 6) is -0.155. The Kier molecular flexibility index (Phi) is 4.08. The first-order valence-corrected chi connectivity index (χ1v) is 7.99. The molecule has 2 nitrogen and oxygen atoms in total. The number of rotatable bonds is 2. The lowest BCUT2D eigenvalue weighted by Gasteiger charge is -2.40. The van der Waals surface area contributed by atoms with Gasteiger partial charge in [-0.05, 0) is 23.6 Å². The van der Waals surface area contributed by atoms with Crippen LogP contribution in [-0.2, 0) is 9.53 Å². The molecule has 2 aromatic carbocycles. The Morgan fingerprint density at radius 3 is 2.35 bits per heavy atom. The molecular weight excluding hydrogens is 284 g/mol. The number of hydrogen-bond donors (Lipinski definition) is 0. The van der Waals surface area contributed by atoms with Crippen LogP contribution in [0, 0.1) is 12.3 Å². The van der Waals surface area contributed by atoms with Crippen LogP contribution in [-0.4, -0.2) is 5.97 Å². The molecule has 1 aliphatic heterocycles. The molecule has 1 aliphatic rings. The van der Waals surface area contributed by atoms with Crippen molar-refractivity contribution in [3.63, 3.8) is 0 Å². The van der Waals surface area contributed by atoms with Crippen molar-refractivity contribution >= 4 is 12.0 Å². The first-order valence-electron chi connectivity index (χ1n) is 7.99. The van der Waals surface area contributed by atoms with Gasteiger partial charge in [-0.3, -0.25) is 4.79 Å². The van der Waals surface area contributed by atoms with Crippen molar-refractivity contribution in [3.05, 3.63) is 76.9 Å². The Morgan fingerprint density at radius 1 is 1.04 bits per heavy atom. The second-order valence-electron chi connectivity index (χ2n) is 6.76. The number of ether oxygens (including phenoxy) is 1. The van der Waals surface area contributed by atoms with Crippen LogP contribution in [0.3, 0.4) is 0 Å². The molecule has 23 heavy (non-hydrogen) atoms. The first-order chi connectivity index (χ1) is 11.0. The molecule has 2 aromatic rings. The quantitative estimate of drug-likeness (QED) is 0.722. The van der Waals surface area contributed by atoms with Crippen molar-refractivity contribution in [2.24, 2.45) is 5.41 Å². The number of aryl methyl sites for hydroxylation is 1. The van der Waals surface area contributed by atoms with Crippen molar-refractivity contribution in [1.29, 1.82) is 0 Å². The summed E-state index contributed by atoms with van der Waals surface area (Å²) >= 11 is 0. The largest absolute Gasteiger partial charge is 0.456 e. The number of carbonyl (C=O) groups is 1. The van der Waals surface area contributed by atoms with E-state index in [0.717, 1.165) is 16.7 Å². The second-order valence-corrected chi connectivity index (χ2v) is 6.76. The zero-order valence-corrected chi connectivity index (χ0v) is 13.9. The van der Waals surface area contributed by atoms with Crippen LogP contribution in [0.15, 0.2) is 60.2 Å². The monoisotopic (exact) mass is 306 g/mol. The molecule has 0 N–H and O–H groups in total. The molecule has 0 bridgehead atoms. The van der Waals surface area contributed by atoms with Gasteiger partial charge in [0.15, 0.2) is 0 Å². The molecule has 2 heteroatoms. The van der Waals surface area contributed by atoms with Gasteiger partial charge in [-0.25, -0.2) is 0 Å². The van der Waals surface area contributed by atoms with Crippen molar-refractivity contribution in [2.75, 3.05) is 0 Å². The van der Waals surface area contributed by atoms with E-state index in [9.17, 15) is 4.79 Å². The predicted molar refractivity (Wildman–Crippen MR) is 92.8 cm³/mol. The van der Waals surface area contributed by atoms with Crippen LogP contribution in [0.4, 0.5) is 0 Å². The van der Waals surface area contributed by atoms with Crippen LogP contribution in [0.5, 0.6) is 0 Å². The standard InChI is InChI=1S/C21H22O2/c1-15-9-11-17(12-10-15)20-21(2,3)18(14-19(22)23-20)13-16-7-5-4-6-8-16/h4-13,20H,14H2,1-3H3. The Bertz CT molecular complexity index is 724. The third-order valence-electron chi connectivity index (χ3n) is 4.59. The fourth-order valence-corrected chi connectivity index (χ4v) is 3.09. The van der Waals surface area contributed by atoms with Crippen molar-refractivity contribution in [1.82, 2.24) is 0 Å². The number of benzene rings is 2. The van der Waals surface area contributed by atoms with Crippen LogP contribution < -0.4 is 0 Å². The average molecular weight is 306 g/mol. The molecule has 3 rings (SSSR count). The smallest absolute Gasteiger partial charge is 0.310 e. The second kappa shape index (κ2) is 6.04. The van der Waals surface area contributed by atoms with Gasteiger partial charge in [-0.2, -0.15) is 0 Å². The molecule has 0 saturated carbocycles. The molecule has 1 fully saturated rings. The van der Waals surface area contributed by atoms with Crippen LogP contribution in [0.2, 0.25) is 0 Å². The van der Waals surface area contributed by atoms with Gasteiger partial charge in [0.25, 0.3) is 0 Å². The molecule has 1 atom stereocenters. The van der Waals surface area contributed by atoms with Crippen LogP contribution in [0.25, 0.3) is 6.08 Å². The fraction of sp³-hybridized carbons (Fsp3) is 0.286. The van der Waals surface area contributed by atoms with Crippen molar-refractivity contribution in [3.8, 4) is 0 Å². The van der Waals surface area contributed by atoms with E-state index in [2.05, 4.69) is 63.2 Å². The zero-order valence-electron chi connectivity index (χ0n) is 13.9. The third-order valence-corrected chi connectivity index (χ3v) is 4.59. The highest BCUT2D eigenvalue weighted by Crippen LogP contribution is 2.48. The van der Waals surface area contributed by atoms with E-state index in [1.54, 1.807) is 0 Å². The first kappa shape index (κ1) is 15.5. The maximum absolute atomic E-state index is 12.1. The van der Waals surface area contributed by atoms with Crippen LogP contribution >= 0.6 is 0 Å². The van der Waals surface area contributed by atoms with Gasteiger partial charge in [-0.1, -0.05) is 80.1 Å². The minimum absolute atomic E-state index is 0.155.